The fourth-order valence-electron chi connectivity index (χ4n) is 3.10. The molecular formula is C27H21IrN5-2. The summed E-state index contributed by atoms with van der Waals surface area (Å²) in [6, 6.07) is 31.6. The van der Waals surface area contributed by atoms with Crippen LogP contribution in [0.3, 0.4) is 0 Å². The first-order valence-electron chi connectivity index (χ1n) is 10.2. The number of aryl methyl sites for hydroxylation is 2. The third-order valence-electron chi connectivity index (χ3n) is 4.51. The first-order chi connectivity index (χ1) is 15.7. The third kappa shape index (κ3) is 6.69. The SMILES string of the molecule is Cc1nc(C)nc(-c2cc[c-]c(-c3ccccn3)c2)n1.[Ir].[c-]1ccccc1-c1ccccn1. The van der Waals surface area contributed by atoms with Gasteiger partial charge in [-0.05, 0) is 37.4 Å². The molecule has 2 aromatic carbocycles. The second kappa shape index (κ2) is 11.9. The van der Waals surface area contributed by atoms with Crippen molar-refractivity contribution in [2.24, 2.45) is 0 Å². The van der Waals surface area contributed by atoms with E-state index >= 15 is 0 Å². The smallest absolute Gasteiger partial charge is 0.145 e. The molecule has 0 saturated heterocycles. The number of nitrogens with zero attached hydrogens (tertiary/aromatic N) is 5. The normalized spacial score (nSPS) is 9.88. The van der Waals surface area contributed by atoms with Crippen LogP contribution in [0.4, 0.5) is 0 Å². The van der Waals surface area contributed by atoms with Crippen LogP contribution < -0.4 is 0 Å². The van der Waals surface area contributed by atoms with E-state index in [0.717, 1.165) is 39.7 Å². The van der Waals surface area contributed by atoms with Gasteiger partial charge >= 0.3 is 0 Å². The van der Waals surface area contributed by atoms with E-state index in [0.29, 0.717) is 5.82 Å². The molecule has 0 saturated carbocycles. The van der Waals surface area contributed by atoms with E-state index in [9.17, 15) is 0 Å². The van der Waals surface area contributed by atoms with Gasteiger partial charge in [-0.3, -0.25) is 0 Å². The van der Waals surface area contributed by atoms with E-state index in [4.69, 9.17) is 0 Å². The van der Waals surface area contributed by atoms with Crippen molar-refractivity contribution in [3.8, 4) is 33.9 Å². The Morgan fingerprint density at radius 3 is 1.79 bits per heavy atom. The quantitative estimate of drug-likeness (QED) is 0.251. The van der Waals surface area contributed by atoms with Crippen LogP contribution in [0.25, 0.3) is 33.9 Å². The molecule has 0 N–H and O–H groups in total. The monoisotopic (exact) mass is 608 g/mol. The molecule has 3 aromatic heterocycles. The van der Waals surface area contributed by atoms with E-state index in [1.807, 2.05) is 92.7 Å². The fourth-order valence-corrected chi connectivity index (χ4v) is 3.10. The van der Waals surface area contributed by atoms with Crippen LogP contribution in [-0.4, -0.2) is 24.9 Å². The molecule has 0 aliphatic heterocycles. The van der Waals surface area contributed by atoms with Crippen LogP contribution in [0.1, 0.15) is 11.6 Å². The Hall–Kier alpha value is -3.60. The molecule has 0 spiro atoms. The minimum Gasteiger partial charge on any atom is -0.305 e. The van der Waals surface area contributed by atoms with Crippen LogP contribution in [0.2, 0.25) is 0 Å². The molecule has 5 aromatic rings. The van der Waals surface area contributed by atoms with Gasteiger partial charge in [0.15, 0.2) is 0 Å². The van der Waals surface area contributed by atoms with Gasteiger partial charge < -0.3 is 9.97 Å². The summed E-state index contributed by atoms with van der Waals surface area (Å²) >= 11 is 0. The van der Waals surface area contributed by atoms with Crippen LogP contribution in [-0.2, 0) is 20.1 Å². The topological polar surface area (TPSA) is 64.5 Å². The predicted octanol–water partition coefficient (Wildman–Crippen LogP) is 5.56. The number of pyridine rings is 2. The average molecular weight is 608 g/mol. The van der Waals surface area contributed by atoms with Gasteiger partial charge in [-0.2, -0.15) is 0 Å². The maximum absolute atomic E-state index is 4.38. The maximum Gasteiger partial charge on any atom is 0.145 e. The van der Waals surface area contributed by atoms with E-state index in [1.165, 1.54) is 0 Å². The second-order valence-electron chi connectivity index (χ2n) is 6.95. The summed E-state index contributed by atoms with van der Waals surface area (Å²) in [7, 11) is 0. The van der Waals surface area contributed by atoms with Crippen LogP contribution >= 0.6 is 0 Å². The Labute approximate surface area is 207 Å². The van der Waals surface area contributed by atoms with Crippen LogP contribution in [0.5, 0.6) is 0 Å². The number of benzene rings is 2. The van der Waals surface area contributed by atoms with Crippen molar-refractivity contribution >= 4 is 0 Å². The molecule has 165 valence electrons. The molecular weight excluding hydrogens is 587 g/mol. The van der Waals surface area contributed by atoms with Gasteiger partial charge in [0.05, 0.1) is 0 Å². The summed E-state index contributed by atoms with van der Waals surface area (Å²) in [5, 5.41) is 0. The molecule has 0 bridgehead atoms. The molecule has 0 amide bonds. The van der Waals surface area contributed by atoms with Crippen molar-refractivity contribution < 1.29 is 20.1 Å². The molecule has 3 heterocycles. The molecule has 1 radical (unpaired) electrons. The van der Waals surface area contributed by atoms with Gasteiger partial charge in [-0.15, -0.1) is 65.7 Å². The molecule has 33 heavy (non-hydrogen) atoms. The van der Waals surface area contributed by atoms with Gasteiger partial charge in [-0.1, -0.05) is 29.8 Å². The summed E-state index contributed by atoms with van der Waals surface area (Å²) in [4.78, 5) is 21.5. The molecule has 0 unspecified atom stereocenters. The van der Waals surface area contributed by atoms with Crippen molar-refractivity contribution in [3.63, 3.8) is 0 Å². The minimum absolute atomic E-state index is 0. The summed E-state index contributed by atoms with van der Waals surface area (Å²) in [6.07, 6.45) is 3.56. The number of aromatic nitrogens is 5. The first kappa shape index (κ1) is 24.0. The molecule has 5 nitrogen and oxygen atoms in total. The zero-order valence-electron chi connectivity index (χ0n) is 18.2. The minimum atomic E-state index is 0. The molecule has 0 aliphatic carbocycles. The van der Waals surface area contributed by atoms with Gasteiger partial charge in [0.2, 0.25) is 0 Å². The fraction of sp³-hybridized carbons (Fsp3) is 0.0741. The summed E-state index contributed by atoms with van der Waals surface area (Å²) in [6.45, 7) is 3.74. The number of hydrogen-bond acceptors (Lipinski definition) is 5. The van der Waals surface area contributed by atoms with E-state index in [2.05, 4.69) is 37.1 Å². The molecule has 0 aliphatic rings. The van der Waals surface area contributed by atoms with E-state index in [1.54, 1.807) is 12.4 Å². The predicted molar refractivity (Wildman–Crippen MR) is 125 cm³/mol. The van der Waals surface area contributed by atoms with E-state index in [-0.39, 0.29) is 20.1 Å². The standard InChI is InChI=1S/C16H13N4.C11H8N.Ir/c1-11-18-12(2)20-16(19-11)14-7-5-6-13(10-14)15-8-3-4-9-17-15;1-2-6-10(7-3-1)11-8-4-5-9-12-11;/h3-5,7-10H,1-2H3;1-6,8-9H;/q2*-1;. The second-order valence-corrected chi connectivity index (χ2v) is 6.95. The van der Waals surface area contributed by atoms with Gasteiger partial charge in [-0.25, -0.2) is 15.0 Å². The summed E-state index contributed by atoms with van der Waals surface area (Å²) in [5.41, 5.74) is 4.77. The first-order valence-corrected chi connectivity index (χ1v) is 10.2. The Kier molecular flexibility index (Phi) is 8.64. The Morgan fingerprint density at radius 2 is 1.21 bits per heavy atom. The summed E-state index contributed by atoms with van der Waals surface area (Å²) < 4.78 is 0. The maximum atomic E-state index is 4.38. The Morgan fingerprint density at radius 1 is 0.606 bits per heavy atom. The zero-order chi connectivity index (χ0) is 22.2. The Bertz CT molecular complexity index is 1220. The van der Waals surface area contributed by atoms with Crippen molar-refractivity contribution in [2.45, 2.75) is 13.8 Å². The molecule has 6 heteroatoms. The largest absolute Gasteiger partial charge is 0.305 e. The van der Waals surface area contributed by atoms with Gasteiger partial charge in [0.25, 0.3) is 0 Å². The molecule has 5 rings (SSSR count). The van der Waals surface area contributed by atoms with Gasteiger partial charge in [0.1, 0.15) is 17.5 Å². The zero-order valence-corrected chi connectivity index (χ0v) is 20.6. The third-order valence-corrected chi connectivity index (χ3v) is 4.51. The van der Waals surface area contributed by atoms with Crippen LogP contribution in [0.15, 0.2) is 91.3 Å². The van der Waals surface area contributed by atoms with E-state index < -0.39 is 0 Å². The molecule has 0 fully saturated rings. The molecule has 0 atom stereocenters. The van der Waals surface area contributed by atoms with Crippen LogP contribution in [0, 0.1) is 26.0 Å². The van der Waals surface area contributed by atoms with Gasteiger partial charge in [0, 0.05) is 32.5 Å². The van der Waals surface area contributed by atoms with Crippen molar-refractivity contribution in [2.75, 3.05) is 0 Å². The summed E-state index contributed by atoms with van der Waals surface area (Å²) in [5.74, 6) is 2.13. The van der Waals surface area contributed by atoms with Crippen molar-refractivity contribution in [3.05, 3.63) is 115 Å². The number of rotatable bonds is 3. The van der Waals surface area contributed by atoms with Crippen molar-refractivity contribution in [1.29, 1.82) is 0 Å². The number of hydrogen-bond donors (Lipinski definition) is 0. The van der Waals surface area contributed by atoms with Crippen molar-refractivity contribution in [1.82, 2.24) is 24.9 Å². The average Bonchev–Trinajstić information content (AvgIpc) is 2.86. The Balaban J connectivity index is 0.000000202.